The highest BCUT2D eigenvalue weighted by molar-refractivity contribution is 7.09. The zero-order chi connectivity index (χ0) is 21.1. The molecule has 4 aromatic rings. The van der Waals surface area contributed by atoms with E-state index in [1.807, 2.05) is 29.6 Å². The molecule has 0 aliphatic heterocycles. The fourth-order valence-corrected chi connectivity index (χ4v) is 3.86. The molecule has 0 radical (unpaired) electrons. The largest absolute Gasteiger partial charge is 0.497 e. The van der Waals surface area contributed by atoms with Crippen molar-refractivity contribution in [3.05, 3.63) is 62.6 Å². The summed E-state index contributed by atoms with van der Waals surface area (Å²) in [5.74, 6) is 0.857. The molecule has 1 amide bonds. The van der Waals surface area contributed by atoms with Gasteiger partial charge in [-0.2, -0.15) is 4.52 Å². The van der Waals surface area contributed by atoms with Crippen molar-refractivity contribution in [1.29, 1.82) is 0 Å². The summed E-state index contributed by atoms with van der Waals surface area (Å²) in [6.45, 7) is 2.14. The smallest absolute Gasteiger partial charge is 0.277 e. The number of nitrogens with zero attached hydrogens (tertiary/aromatic N) is 4. The van der Waals surface area contributed by atoms with E-state index in [1.165, 1.54) is 10.8 Å². The minimum Gasteiger partial charge on any atom is -0.497 e. The van der Waals surface area contributed by atoms with E-state index in [0.29, 0.717) is 24.2 Å². The number of aromatic amines is 1. The average Bonchev–Trinajstić information content (AvgIpc) is 3.41. The van der Waals surface area contributed by atoms with Crippen molar-refractivity contribution in [1.82, 2.24) is 29.9 Å². The van der Waals surface area contributed by atoms with Gasteiger partial charge in [-0.15, -0.1) is 11.3 Å². The van der Waals surface area contributed by atoms with Gasteiger partial charge in [-0.3, -0.25) is 14.7 Å². The first-order valence-electron chi connectivity index (χ1n) is 9.32. The second-order valence-corrected chi connectivity index (χ2v) is 7.58. The lowest BCUT2D eigenvalue weighted by Crippen LogP contribution is -2.31. The van der Waals surface area contributed by atoms with Gasteiger partial charge in [0.1, 0.15) is 12.1 Å². The number of methoxy groups -OCH3 is 1. The van der Waals surface area contributed by atoms with E-state index in [-0.39, 0.29) is 23.7 Å². The second-order valence-electron chi connectivity index (χ2n) is 6.64. The van der Waals surface area contributed by atoms with E-state index in [2.05, 4.69) is 25.4 Å². The lowest BCUT2D eigenvalue weighted by molar-refractivity contribution is -0.120. The number of nitrogens with one attached hydrogen (secondary N) is 2. The summed E-state index contributed by atoms with van der Waals surface area (Å²) in [5.41, 5.74) is 2.46. The van der Waals surface area contributed by atoms with Crippen molar-refractivity contribution in [2.45, 2.75) is 19.8 Å². The Bertz CT molecular complexity index is 1240. The summed E-state index contributed by atoms with van der Waals surface area (Å²) in [7, 11) is 1.63. The standard InChI is InChI=1S/C20H20N6O3S/c1-12-15(19(28)26-20(24-12)22-11-23-26)9-17(27)21-8-7-18-25-16(10-30-18)13-3-5-14(29-2)6-4-13/h3-6,10-11H,7-9H2,1-2H3,(H,21,27)(H,22,23,24). The fraction of sp³-hybridized carbons (Fsp3) is 0.250. The van der Waals surface area contributed by atoms with Gasteiger partial charge in [0.05, 0.1) is 29.9 Å². The minimum absolute atomic E-state index is 0.0331. The van der Waals surface area contributed by atoms with Gasteiger partial charge in [0.15, 0.2) is 0 Å². The Balaban J connectivity index is 1.34. The number of aryl methyl sites for hydroxylation is 1. The molecule has 0 atom stereocenters. The number of fused-ring (bicyclic) bond motifs is 1. The lowest BCUT2D eigenvalue weighted by Gasteiger charge is -2.06. The predicted octanol–water partition coefficient (Wildman–Crippen LogP) is 1.76. The number of amides is 1. The molecule has 10 heteroatoms. The highest BCUT2D eigenvalue weighted by Crippen LogP contribution is 2.24. The van der Waals surface area contributed by atoms with Crippen molar-refractivity contribution in [2.24, 2.45) is 0 Å². The zero-order valence-electron chi connectivity index (χ0n) is 16.5. The molecule has 3 aromatic heterocycles. The Labute approximate surface area is 175 Å². The third kappa shape index (κ3) is 4.08. The van der Waals surface area contributed by atoms with Gasteiger partial charge in [0.25, 0.3) is 11.3 Å². The van der Waals surface area contributed by atoms with Crippen molar-refractivity contribution in [3.63, 3.8) is 0 Å². The van der Waals surface area contributed by atoms with Crippen LogP contribution in [0.25, 0.3) is 17.0 Å². The molecule has 0 saturated heterocycles. The van der Waals surface area contributed by atoms with Gasteiger partial charge in [-0.1, -0.05) is 0 Å². The normalized spacial score (nSPS) is 11.0. The van der Waals surface area contributed by atoms with Crippen LogP contribution < -0.4 is 15.6 Å². The maximum atomic E-state index is 12.5. The van der Waals surface area contributed by atoms with Crippen LogP contribution in [0.4, 0.5) is 0 Å². The molecule has 0 unspecified atom stereocenters. The molecule has 0 fully saturated rings. The van der Waals surface area contributed by atoms with E-state index in [0.717, 1.165) is 22.0 Å². The number of aromatic nitrogens is 5. The maximum Gasteiger partial charge on any atom is 0.277 e. The third-order valence-corrected chi connectivity index (χ3v) is 5.58. The quantitative estimate of drug-likeness (QED) is 0.467. The van der Waals surface area contributed by atoms with E-state index < -0.39 is 0 Å². The van der Waals surface area contributed by atoms with Crippen LogP contribution in [-0.2, 0) is 17.6 Å². The Morgan fingerprint density at radius 3 is 2.83 bits per heavy atom. The number of hydrogen-bond acceptors (Lipinski definition) is 7. The van der Waals surface area contributed by atoms with Crippen LogP contribution >= 0.6 is 11.3 Å². The summed E-state index contributed by atoms with van der Waals surface area (Å²) in [6.07, 6.45) is 1.97. The third-order valence-electron chi connectivity index (χ3n) is 4.67. The number of benzene rings is 1. The first kappa shape index (κ1) is 19.8. The molecule has 3 heterocycles. The number of hydrogen-bond donors (Lipinski definition) is 2. The first-order chi connectivity index (χ1) is 14.5. The molecule has 154 valence electrons. The predicted molar refractivity (Wildman–Crippen MR) is 113 cm³/mol. The van der Waals surface area contributed by atoms with E-state index in [4.69, 9.17) is 4.74 Å². The molecular formula is C20H20N6O3S. The Kier molecular flexibility index (Phi) is 5.57. The molecule has 0 aliphatic rings. The van der Waals surface area contributed by atoms with Crippen LogP contribution in [0, 0.1) is 6.92 Å². The van der Waals surface area contributed by atoms with Gasteiger partial charge in [0.2, 0.25) is 5.91 Å². The molecule has 0 spiro atoms. The summed E-state index contributed by atoms with van der Waals surface area (Å²) < 4.78 is 6.40. The van der Waals surface area contributed by atoms with E-state index in [9.17, 15) is 9.59 Å². The Morgan fingerprint density at radius 1 is 1.27 bits per heavy atom. The van der Waals surface area contributed by atoms with E-state index in [1.54, 1.807) is 25.4 Å². The number of thiazole rings is 1. The highest BCUT2D eigenvalue weighted by Gasteiger charge is 2.15. The summed E-state index contributed by atoms with van der Waals surface area (Å²) in [4.78, 5) is 37.6. The second kappa shape index (κ2) is 8.46. The summed E-state index contributed by atoms with van der Waals surface area (Å²) in [5, 5.41) is 8.47. The van der Waals surface area contributed by atoms with Crippen molar-refractivity contribution in [3.8, 4) is 17.0 Å². The van der Waals surface area contributed by atoms with Crippen LogP contribution in [0.15, 0.2) is 40.8 Å². The topological polar surface area (TPSA) is 114 Å². The number of rotatable bonds is 7. The maximum absolute atomic E-state index is 12.5. The summed E-state index contributed by atoms with van der Waals surface area (Å²) >= 11 is 1.55. The number of carbonyl (C=O) groups excluding carboxylic acids is 1. The van der Waals surface area contributed by atoms with E-state index >= 15 is 0 Å². The average molecular weight is 424 g/mol. The van der Waals surface area contributed by atoms with Gasteiger partial charge in [-0.05, 0) is 31.2 Å². The SMILES string of the molecule is COc1ccc(-c2csc(CCNC(=O)Cc3c(C)nc4nc[nH]n4c3=O)n2)cc1. The zero-order valence-corrected chi connectivity index (χ0v) is 17.3. The molecule has 0 saturated carbocycles. The van der Waals surface area contributed by atoms with Crippen LogP contribution in [0.5, 0.6) is 5.75 Å². The van der Waals surface area contributed by atoms with Gasteiger partial charge in [0, 0.05) is 29.5 Å². The van der Waals surface area contributed by atoms with Crippen molar-refractivity contribution < 1.29 is 9.53 Å². The minimum atomic E-state index is -0.311. The van der Waals surface area contributed by atoms with Crippen LogP contribution in [-0.4, -0.2) is 44.1 Å². The first-order valence-corrected chi connectivity index (χ1v) is 10.2. The van der Waals surface area contributed by atoms with Gasteiger partial charge in [-0.25, -0.2) is 15.0 Å². The number of ether oxygens (including phenoxy) is 1. The molecule has 4 rings (SSSR count). The van der Waals surface area contributed by atoms with Gasteiger partial charge < -0.3 is 10.1 Å². The Morgan fingerprint density at radius 2 is 2.07 bits per heavy atom. The molecule has 2 N–H and O–H groups in total. The molecule has 9 nitrogen and oxygen atoms in total. The molecule has 1 aromatic carbocycles. The lowest BCUT2D eigenvalue weighted by atomic mass is 10.1. The fourth-order valence-electron chi connectivity index (χ4n) is 3.05. The molecule has 30 heavy (non-hydrogen) atoms. The monoisotopic (exact) mass is 424 g/mol. The number of H-pyrrole nitrogens is 1. The Hall–Kier alpha value is -3.53. The van der Waals surface area contributed by atoms with Crippen molar-refractivity contribution in [2.75, 3.05) is 13.7 Å². The number of carbonyl (C=O) groups is 1. The highest BCUT2D eigenvalue weighted by atomic mass is 32.1. The molecule has 0 bridgehead atoms. The van der Waals surface area contributed by atoms with Crippen molar-refractivity contribution >= 4 is 23.0 Å². The van der Waals surface area contributed by atoms with Crippen LogP contribution in [0.1, 0.15) is 16.3 Å². The summed E-state index contributed by atoms with van der Waals surface area (Å²) in [6, 6.07) is 7.72. The molecular weight excluding hydrogens is 404 g/mol. The van der Waals surface area contributed by atoms with Gasteiger partial charge >= 0.3 is 0 Å². The molecule has 0 aliphatic carbocycles. The van der Waals surface area contributed by atoms with Crippen LogP contribution in [0.3, 0.4) is 0 Å². The van der Waals surface area contributed by atoms with Crippen LogP contribution in [0.2, 0.25) is 0 Å².